The molecule has 1 atom stereocenters. The first-order valence-electron chi connectivity index (χ1n) is 8.11. The topological polar surface area (TPSA) is 32.3 Å². The van der Waals surface area contributed by atoms with E-state index in [1.54, 1.807) is 0 Å². The molecule has 3 rings (SSSR count). The third kappa shape index (κ3) is 3.73. The van der Waals surface area contributed by atoms with Crippen LogP contribution >= 0.6 is 0 Å². The third-order valence-electron chi connectivity index (χ3n) is 4.46. The number of para-hydroxylation sites is 1. The molecule has 112 valence electrons. The van der Waals surface area contributed by atoms with Gasteiger partial charge in [-0.15, -0.1) is 0 Å². The van der Waals surface area contributed by atoms with E-state index in [4.69, 9.17) is 0 Å². The van der Waals surface area contributed by atoms with E-state index in [0.29, 0.717) is 12.5 Å². The summed E-state index contributed by atoms with van der Waals surface area (Å²) in [5, 5.41) is 3.12. The van der Waals surface area contributed by atoms with Gasteiger partial charge < -0.3 is 5.32 Å². The number of hydrogen-bond acceptors (Lipinski definition) is 2. The standard InChI is InChI=1S/C18H24N2O/c21-18(14-20-12-6-1-7-13-20)19-17-11-5-4-10-16(17)15-8-2-3-9-15/h2,4-5,8,10-11,15H,1,3,6-7,9,12-14H2,(H,19,21). The fourth-order valence-corrected chi connectivity index (χ4v) is 3.34. The van der Waals surface area contributed by atoms with Gasteiger partial charge in [0, 0.05) is 11.6 Å². The minimum Gasteiger partial charge on any atom is -0.325 e. The summed E-state index contributed by atoms with van der Waals surface area (Å²) in [5.74, 6) is 0.572. The average Bonchev–Trinajstić information content (AvgIpc) is 3.03. The van der Waals surface area contributed by atoms with Crippen molar-refractivity contribution in [2.45, 2.75) is 38.0 Å². The molecule has 21 heavy (non-hydrogen) atoms. The Bertz CT molecular complexity index is 518. The van der Waals surface area contributed by atoms with Crippen molar-refractivity contribution in [1.82, 2.24) is 4.90 Å². The molecule has 1 saturated heterocycles. The Hall–Kier alpha value is -1.61. The molecule has 1 aliphatic heterocycles. The van der Waals surface area contributed by atoms with Crippen LogP contribution in [0.5, 0.6) is 0 Å². The van der Waals surface area contributed by atoms with Gasteiger partial charge in [0.15, 0.2) is 0 Å². The van der Waals surface area contributed by atoms with E-state index in [2.05, 4.69) is 34.5 Å². The predicted octanol–water partition coefficient (Wildman–Crippen LogP) is 3.54. The summed E-state index contributed by atoms with van der Waals surface area (Å²) in [6, 6.07) is 8.22. The van der Waals surface area contributed by atoms with E-state index in [0.717, 1.165) is 31.6 Å². The zero-order valence-electron chi connectivity index (χ0n) is 12.6. The maximum absolute atomic E-state index is 12.3. The molecule has 1 N–H and O–H groups in total. The van der Waals surface area contributed by atoms with Crippen molar-refractivity contribution in [2.75, 3.05) is 25.0 Å². The molecule has 0 aromatic heterocycles. The lowest BCUT2D eigenvalue weighted by Crippen LogP contribution is -2.37. The zero-order chi connectivity index (χ0) is 14.5. The molecule has 3 heteroatoms. The van der Waals surface area contributed by atoms with Gasteiger partial charge >= 0.3 is 0 Å². The number of piperidine rings is 1. The lowest BCUT2D eigenvalue weighted by molar-refractivity contribution is -0.117. The second kappa shape index (κ2) is 6.90. The molecular formula is C18H24N2O. The van der Waals surface area contributed by atoms with Crippen molar-refractivity contribution in [3.63, 3.8) is 0 Å². The Morgan fingerprint density at radius 3 is 2.76 bits per heavy atom. The highest BCUT2D eigenvalue weighted by atomic mass is 16.2. The van der Waals surface area contributed by atoms with Gasteiger partial charge in [-0.25, -0.2) is 0 Å². The van der Waals surface area contributed by atoms with Crippen LogP contribution in [-0.2, 0) is 4.79 Å². The van der Waals surface area contributed by atoms with Gasteiger partial charge in [-0.3, -0.25) is 9.69 Å². The number of nitrogens with zero attached hydrogens (tertiary/aromatic N) is 1. The highest BCUT2D eigenvalue weighted by Gasteiger charge is 2.18. The number of carbonyl (C=O) groups is 1. The number of anilines is 1. The molecule has 1 aromatic rings. The van der Waals surface area contributed by atoms with E-state index >= 15 is 0 Å². The summed E-state index contributed by atoms with van der Waals surface area (Å²) in [6.07, 6.45) is 10.5. The fourth-order valence-electron chi connectivity index (χ4n) is 3.34. The number of hydrogen-bond donors (Lipinski definition) is 1. The smallest absolute Gasteiger partial charge is 0.238 e. The van der Waals surface area contributed by atoms with E-state index < -0.39 is 0 Å². The van der Waals surface area contributed by atoms with Gasteiger partial charge in [0.2, 0.25) is 5.91 Å². The molecular weight excluding hydrogens is 260 g/mol. The normalized spacial score (nSPS) is 22.4. The minimum absolute atomic E-state index is 0.117. The van der Waals surface area contributed by atoms with Crippen LogP contribution in [0.4, 0.5) is 5.69 Å². The summed E-state index contributed by atoms with van der Waals surface area (Å²) in [7, 11) is 0. The third-order valence-corrected chi connectivity index (χ3v) is 4.46. The Labute approximate surface area is 127 Å². The maximum Gasteiger partial charge on any atom is 0.238 e. The average molecular weight is 284 g/mol. The van der Waals surface area contributed by atoms with Crippen LogP contribution in [0, 0.1) is 0 Å². The van der Waals surface area contributed by atoms with Crippen molar-refractivity contribution in [3.05, 3.63) is 42.0 Å². The van der Waals surface area contributed by atoms with Crippen LogP contribution in [0.15, 0.2) is 36.4 Å². The largest absolute Gasteiger partial charge is 0.325 e. The van der Waals surface area contributed by atoms with Crippen LogP contribution in [0.2, 0.25) is 0 Å². The van der Waals surface area contributed by atoms with E-state index in [1.807, 2.05) is 12.1 Å². The quantitative estimate of drug-likeness (QED) is 0.858. The molecule has 1 aromatic carbocycles. The van der Waals surface area contributed by atoms with Crippen LogP contribution in [-0.4, -0.2) is 30.4 Å². The van der Waals surface area contributed by atoms with Crippen molar-refractivity contribution in [3.8, 4) is 0 Å². The first kappa shape index (κ1) is 14.3. The molecule has 1 unspecified atom stereocenters. The number of benzene rings is 1. The summed E-state index contributed by atoms with van der Waals surface area (Å²) in [4.78, 5) is 14.5. The van der Waals surface area contributed by atoms with Crippen LogP contribution in [0.25, 0.3) is 0 Å². The van der Waals surface area contributed by atoms with E-state index in [9.17, 15) is 4.79 Å². The van der Waals surface area contributed by atoms with Gasteiger partial charge in [-0.05, 0) is 50.4 Å². The fraction of sp³-hybridized carbons (Fsp3) is 0.500. The van der Waals surface area contributed by atoms with Gasteiger partial charge in [0.1, 0.15) is 0 Å². The SMILES string of the molecule is O=C(CN1CCCCC1)Nc1ccccc1C1C=CCC1. The van der Waals surface area contributed by atoms with Crippen LogP contribution in [0.1, 0.15) is 43.6 Å². The zero-order valence-corrected chi connectivity index (χ0v) is 12.6. The molecule has 0 radical (unpaired) electrons. The van der Waals surface area contributed by atoms with Gasteiger partial charge in [0.05, 0.1) is 6.54 Å². The summed E-state index contributed by atoms with van der Waals surface area (Å²) >= 11 is 0. The number of likely N-dealkylation sites (tertiary alicyclic amines) is 1. The van der Waals surface area contributed by atoms with Crippen molar-refractivity contribution < 1.29 is 4.79 Å². The van der Waals surface area contributed by atoms with Crippen molar-refractivity contribution >= 4 is 11.6 Å². The molecule has 1 amide bonds. The summed E-state index contributed by atoms with van der Waals surface area (Å²) in [5.41, 5.74) is 2.23. The monoisotopic (exact) mass is 284 g/mol. The summed E-state index contributed by atoms with van der Waals surface area (Å²) in [6.45, 7) is 2.63. The Kier molecular flexibility index (Phi) is 4.71. The molecule has 0 spiro atoms. The number of amides is 1. The number of allylic oxidation sites excluding steroid dienone is 2. The van der Waals surface area contributed by atoms with E-state index in [-0.39, 0.29) is 5.91 Å². The second-order valence-electron chi connectivity index (χ2n) is 6.08. The van der Waals surface area contributed by atoms with E-state index in [1.165, 1.54) is 24.8 Å². The van der Waals surface area contributed by atoms with Gasteiger partial charge in [-0.1, -0.05) is 36.8 Å². The van der Waals surface area contributed by atoms with Gasteiger partial charge in [-0.2, -0.15) is 0 Å². The van der Waals surface area contributed by atoms with Crippen molar-refractivity contribution in [2.24, 2.45) is 0 Å². The Morgan fingerprint density at radius 2 is 2.00 bits per heavy atom. The number of nitrogens with one attached hydrogen (secondary N) is 1. The highest BCUT2D eigenvalue weighted by Crippen LogP contribution is 2.33. The molecule has 0 saturated carbocycles. The lowest BCUT2D eigenvalue weighted by atomic mass is 9.97. The Balaban J connectivity index is 1.63. The predicted molar refractivity (Wildman–Crippen MR) is 86.5 cm³/mol. The van der Waals surface area contributed by atoms with Crippen LogP contribution in [0.3, 0.4) is 0 Å². The minimum atomic E-state index is 0.117. The molecule has 1 heterocycles. The lowest BCUT2D eigenvalue weighted by Gasteiger charge is -2.26. The first-order valence-corrected chi connectivity index (χ1v) is 8.11. The highest BCUT2D eigenvalue weighted by molar-refractivity contribution is 5.93. The Morgan fingerprint density at radius 1 is 1.19 bits per heavy atom. The molecule has 3 nitrogen and oxygen atoms in total. The maximum atomic E-state index is 12.3. The summed E-state index contributed by atoms with van der Waals surface area (Å²) < 4.78 is 0. The first-order chi connectivity index (χ1) is 10.3. The molecule has 0 bridgehead atoms. The molecule has 1 fully saturated rings. The molecule has 2 aliphatic rings. The van der Waals surface area contributed by atoms with Gasteiger partial charge in [0.25, 0.3) is 0 Å². The number of carbonyl (C=O) groups excluding carboxylic acids is 1. The number of rotatable bonds is 4. The van der Waals surface area contributed by atoms with Crippen LogP contribution < -0.4 is 5.32 Å². The van der Waals surface area contributed by atoms with Crippen molar-refractivity contribution in [1.29, 1.82) is 0 Å². The second-order valence-corrected chi connectivity index (χ2v) is 6.08. The molecule has 1 aliphatic carbocycles.